The van der Waals surface area contributed by atoms with Crippen molar-refractivity contribution in [2.45, 2.75) is 25.0 Å². The van der Waals surface area contributed by atoms with Gasteiger partial charge in [0.25, 0.3) is 0 Å². The number of methoxy groups -OCH3 is 1. The molecule has 1 saturated heterocycles. The predicted octanol–water partition coefficient (Wildman–Crippen LogP) is 0.761. The third kappa shape index (κ3) is 2.84. The first-order valence-electron chi connectivity index (χ1n) is 5.82. The summed E-state index contributed by atoms with van der Waals surface area (Å²) in [6.07, 6.45) is 0.680. The van der Waals surface area contributed by atoms with E-state index in [1.807, 2.05) is 18.2 Å². The number of nitrogens with two attached hydrogens (primary N) is 1. The van der Waals surface area contributed by atoms with E-state index in [2.05, 4.69) is 17.0 Å². The number of carbonyl (C=O) groups is 1. The molecule has 2 N–H and O–H groups in total. The van der Waals surface area contributed by atoms with Crippen molar-refractivity contribution in [1.82, 2.24) is 4.90 Å². The molecular weight excluding hydrogens is 216 g/mol. The highest BCUT2D eigenvalue weighted by Gasteiger charge is 2.35. The van der Waals surface area contributed by atoms with Crippen LogP contribution in [0.1, 0.15) is 12.0 Å². The van der Waals surface area contributed by atoms with Crippen molar-refractivity contribution in [2.24, 2.45) is 5.73 Å². The monoisotopic (exact) mass is 234 g/mol. The smallest absolute Gasteiger partial charge is 0.323 e. The predicted molar refractivity (Wildman–Crippen MR) is 65.2 cm³/mol. The van der Waals surface area contributed by atoms with Crippen LogP contribution in [0.15, 0.2) is 30.3 Å². The van der Waals surface area contributed by atoms with Crippen molar-refractivity contribution in [3.8, 4) is 0 Å². The van der Waals surface area contributed by atoms with Gasteiger partial charge in [-0.3, -0.25) is 9.69 Å². The first kappa shape index (κ1) is 12.1. The average Bonchev–Trinajstić information content (AvgIpc) is 2.70. The molecule has 1 fully saturated rings. The SMILES string of the molecule is COC(=O)[C@@H]1C[C@@H](N)CN1Cc1ccccc1. The number of hydrogen-bond acceptors (Lipinski definition) is 4. The number of hydrogen-bond donors (Lipinski definition) is 1. The molecule has 1 heterocycles. The van der Waals surface area contributed by atoms with E-state index in [0.717, 1.165) is 13.1 Å². The van der Waals surface area contributed by atoms with Crippen LogP contribution >= 0.6 is 0 Å². The van der Waals surface area contributed by atoms with Crippen LogP contribution in [0.5, 0.6) is 0 Å². The molecule has 1 aliphatic rings. The van der Waals surface area contributed by atoms with Crippen molar-refractivity contribution in [2.75, 3.05) is 13.7 Å². The molecule has 0 aromatic heterocycles. The van der Waals surface area contributed by atoms with Crippen LogP contribution in [0.4, 0.5) is 0 Å². The third-order valence-electron chi connectivity index (χ3n) is 3.14. The average molecular weight is 234 g/mol. The largest absolute Gasteiger partial charge is 0.468 e. The standard InChI is InChI=1S/C13H18N2O2/c1-17-13(16)12-7-11(14)9-15(12)8-10-5-3-2-4-6-10/h2-6,11-12H,7-9,14H2,1H3/t11-,12+/m1/s1. The summed E-state index contributed by atoms with van der Waals surface area (Å²) in [7, 11) is 1.42. The summed E-state index contributed by atoms with van der Waals surface area (Å²) < 4.78 is 4.81. The third-order valence-corrected chi connectivity index (χ3v) is 3.14. The maximum Gasteiger partial charge on any atom is 0.323 e. The molecule has 0 spiro atoms. The van der Waals surface area contributed by atoms with Crippen molar-refractivity contribution < 1.29 is 9.53 Å². The Labute approximate surface area is 101 Å². The molecule has 0 radical (unpaired) electrons. The number of esters is 1. The number of nitrogens with zero attached hydrogens (tertiary/aromatic N) is 1. The fourth-order valence-corrected chi connectivity index (χ4v) is 2.31. The van der Waals surface area contributed by atoms with E-state index >= 15 is 0 Å². The summed E-state index contributed by atoms with van der Waals surface area (Å²) >= 11 is 0. The molecule has 0 aliphatic carbocycles. The zero-order valence-corrected chi connectivity index (χ0v) is 10.0. The summed E-state index contributed by atoms with van der Waals surface area (Å²) in [4.78, 5) is 13.7. The van der Waals surface area contributed by atoms with Crippen LogP contribution in [0.2, 0.25) is 0 Å². The molecule has 0 saturated carbocycles. The highest BCUT2D eigenvalue weighted by Crippen LogP contribution is 2.20. The lowest BCUT2D eigenvalue weighted by Gasteiger charge is -2.22. The Morgan fingerprint density at radius 3 is 2.82 bits per heavy atom. The van der Waals surface area contributed by atoms with Gasteiger partial charge in [0.05, 0.1) is 7.11 Å². The first-order valence-corrected chi connectivity index (χ1v) is 5.82. The Bertz CT molecular complexity index is 380. The molecule has 1 aromatic rings. The van der Waals surface area contributed by atoms with Crippen molar-refractivity contribution in [3.63, 3.8) is 0 Å². The van der Waals surface area contributed by atoms with E-state index < -0.39 is 0 Å². The van der Waals surface area contributed by atoms with Gasteiger partial charge in [-0.1, -0.05) is 30.3 Å². The molecule has 92 valence electrons. The minimum Gasteiger partial charge on any atom is -0.468 e. The Morgan fingerprint density at radius 1 is 1.47 bits per heavy atom. The molecule has 0 bridgehead atoms. The first-order chi connectivity index (χ1) is 8.20. The van der Waals surface area contributed by atoms with Gasteiger partial charge in [-0.15, -0.1) is 0 Å². The molecule has 1 aromatic carbocycles. The zero-order valence-electron chi connectivity index (χ0n) is 10.0. The van der Waals surface area contributed by atoms with Gasteiger partial charge in [0.2, 0.25) is 0 Å². The molecule has 0 unspecified atom stereocenters. The van der Waals surface area contributed by atoms with Crippen LogP contribution < -0.4 is 5.73 Å². The van der Waals surface area contributed by atoms with Crippen molar-refractivity contribution in [1.29, 1.82) is 0 Å². The maximum absolute atomic E-state index is 11.6. The van der Waals surface area contributed by atoms with Gasteiger partial charge in [-0.05, 0) is 12.0 Å². The molecule has 2 atom stereocenters. The summed E-state index contributed by atoms with van der Waals surface area (Å²) in [6, 6.07) is 9.95. The Morgan fingerprint density at radius 2 is 2.18 bits per heavy atom. The molecule has 17 heavy (non-hydrogen) atoms. The lowest BCUT2D eigenvalue weighted by Crippen LogP contribution is -2.36. The molecular formula is C13H18N2O2. The molecule has 2 rings (SSSR count). The topological polar surface area (TPSA) is 55.6 Å². The minimum atomic E-state index is -0.199. The van der Waals surface area contributed by atoms with E-state index in [0.29, 0.717) is 6.42 Å². The highest BCUT2D eigenvalue weighted by atomic mass is 16.5. The summed E-state index contributed by atoms with van der Waals surface area (Å²) in [6.45, 7) is 1.49. The summed E-state index contributed by atoms with van der Waals surface area (Å²) in [5.74, 6) is -0.186. The second-order valence-electron chi connectivity index (χ2n) is 4.45. The maximum atomic E-state index is 11.6. The molecule has 4 heteroatoms. The number of benzene rings is 1. The van der Waals surface area contributed by atoms with Gasteiger partial charge >= 0.3 is 5.97 Å². The fourth-order valence-electron chi connectivity index (χ4n) is 2.31. The van der Waals surface area contributed by atoms with Gasteiger partial charge in [0, 0.05) is 19.1 Å². The number of carbonyl (C=O) groups excluding carboxylic acids is 1. The zero-order chi connectivity index (χ0) is 12.3. The van der Waals surface area contributed by atoms with Crippen molar-refractivity contribution >= 4 is 5.97 Å². The number of rotatable bonds is 3. The van der Waals surface area contributed by atoms with Gasteiger partial charge < -0.3 is 10.5 Å². The second kappa shape index (κ2) is 5.29. The highest BCUT2D eigenvalue weighted by molar-refractivity contribution is 5.76. The number of ether oxygens (including phenoxy) is 1. The van der Waals surface area contributed by atoms with E-state index in [9.17, 15) is 4.79 Å². The van der Waals surface area contributed by atoms with Crippen LogP contribution in [0, 0.1) is 0 Å². The van der Waals surface area contributed by atoms with Gasteiger partial charge in [-0.2, -0.15) is 0 Å². The van der Waals surface area contributed by atoms with Crippen LogP contribution in [-0.2, 0) is 16.1 Å². The molecule has 0 amide bonds. The van der Waals surface area contributed by atoms with Gasteiger partial charge in [-0.25, -0.2) is 0 Å². The Balaban J connectivity index is 2.06. The summed E-state index contributed by atoms with van der Waals surface area (Å²) in [5, 5.41) is 0. The van der Waals surface area contributed by atoms with Crippen LogP contribution in [-0.4, -0.2) is 36.6 Å². The normalized spacial score (nSPS) is 24.8. The molecule has 1 aliphatic heterocycles. The lowest BCUT2D eigenvalue weighted by atomic mass is 10.1. The quantitative estimate of drug-likeness (QED) is 0.785. The van der Waals surface area contributed by atoms with E-state index in [4.69, 9.17) is 10.5 Å². The second-order valence-corrected chi connectivity index (χ2v) is 4.45. The van der Waals surface area contributed by atoms with Gasteiger partial charge in [0.1, 0.15) is 6.04 Å². The van der Waals surface area contributed by atoms with Crippen LogP contribution in [0.25, 0.3) is 0 Å². The van der Waals surface area contributed by atoms with Crippen LogP contribution in [0.3, 0.4) is 0 Å². The van der Waals surface area contributed by atoms with Crippen molar-refractivity contribution in [3.05, 3.63) is 35.9 Å². The Hall–Kier alpha value is -1.39. The fraction of sp³-hybridized carbons (Fsp3) is 0.462. The Kier molecular flexibility index (Phi) is 3.76. The van der Waals surface area contributed by atoms with Gasteiger partial charge in [0.15, 0.2) is 0 Å². The van der Waals surface area contributed by atoms with E-state index in [1.54, 1.807) is 0 Å². The number of likely N-dealkylation sites (tertiary alicyclic amines) is 1. The molecule has 4 nitrogen and oxygen atoms in total. The van der Waals surface area contributed by atoms with E-state index in [-0.39, 0.29) is 18.1 Å². The minimum absolute atomic E-state index is 0.0582. The summed E-state index contributed by atoms with van der Waals surface area (Å²) in [5.41, 5.74) is 7.10. The van der Waals surface area contributed by atoms with E-state index in [1.165, 1.54) is 12.7 Å². The lowest BCUT2D eigenvalue weighted by molar-refractivity contribution is -0.146.